The highest BCUT2D eigenvalue weighted by molar-refractivity contribution is 7.22. The van der Waals surface area contributed by atoms with Crippen molar-refractivity contribution in [2.24, 2.45) is 5.92 Å². The van der Waals surface area contributed by atoms with E-state index in [9.17, 15) is 4.79 Å². The van der Waals surface area contributed by atoms with Crippen LogP contribution in [0.15, 0.2) is 60.7 Å². The Kier molecular flexibility index (Phi) is 5.37. The molecule has 174 valence electrons. The van der Waals surface area contributed by atoms with Crippen LogP contribution >= 0.6 is 11.3 Å². The van der Waals surface area contributed by atoms with Crippen LogP contribution < -0.4 is 5.32 Å². The molecule has 0 radical (unpaired) electrons. The van der Waals surface area contributed by atoms with E-state index in [0.717, 1.165) is 45.7 Å². The molecule has 1 fully saturated rings. The Morgan fingerprint density at radius 1 is 1.03 bits per heavy atom. The maximum Gasteiger partial charge on any atom is 0.253 e. The summed E-state index contributed by atoms with van der Waals surface area (Å²) in [7, 11) is 0. The molecule has 3 aromatic carbocycles. The van der Waals surface area contributed by atoms with E-state index >= 15 is 0 Å². The first-order chi connectivity index (χ1) is 17.1. The number of carbonyl (C=O) groups excluding carboxylic acids is 1. The number of nitrogens with one attached hydrogen (secondary N) is 1. The molecule has 1 aliphatic rings. The molecule has 1 saturated carbocycles. The fourth-order valence-corrected chi connectivity index (χ4v) is 5.11. The minimum Gasteiger partial charge on any atom is -0.357 e. The summed E-state index contributed by atoms with van der Waals surface area (Å²) in [6.07, 6.45) is 1.82. The van der Waals surface area contributed by atoms with Crippen molar-refractivity contribution in [2.75, 3.05) is 5.32 Å². The number of tetrazole rings is 1. The first kappa shape index (κ1) is 21.6. The van der Waals surface area contributed by atoms with Crippen molar-refractivity contribution in [1.29, 1.82) is 0 Å². The second kappa shape index (κ2) is 8.70. The van der Waals surface area contributed by atoms with E-state index in [4.69, 9.17) is 4.98 Å². The monoisotopic (exact) mass is 480 g/mol. The molecule has 0 unspecified atom stereocenters. The summed E-state index contributed by atoms with van der Waals surface area (Å²) in [4.78, 5) is 17.4. The van der Waals surface area contributed by atoms with E-state index < -0.39 is 0 Å². The number of rotatable bonds is 6. The van der Waals surface area contributed by atoms with Crippen LogP contribution in [0, 0.1) is 19.8 Å². The normalized spacial score (nSPS) is 13.3. The molecule has 0 atom stereocenters. The smallest absolute Gasteiger partial charge is 0.253 e. The highest BCUT2D eigenvalue weighted by Gasteiger charge is 2.33. The van der Waals surface area contributed by atoms with Gasteiger partial charge in [-0.3, -0.25) is 4.79 Å². The Bertz CT molecular complexity index is 1510. The lowest BCUT2D eigenvalue weighted by Crippen LogP contribution is -2.16. The van der Waals surface area contributed by atoms with Crippen LogP contribution in [0.4, 0.5) is 5.13 Å². The Morgan fingerprint density at radius 3 is 2.54 bits per heavy atom. The number of aryl methyl sites for hydroxylation is 2. The molecule has 0 aliphatic heterocycles. The summed E-state index contributed by atoms with van der Waals surface area (Å²) >= 11 is 1.68. The lowest BCUT2D eigenvalue weighted by molar-refractivity contribution is 0.0870. The van der Waals surface area contributed by atoms with Gasteiger partial charge in [-0.25, -0.2) is 4.98 Å². The minimum atomic E-state index is -0.0265. The SMILES string of the molecule is Cc1cc2nc(NCc3ccc(-c4ccccc4-c4nnnn4C(=O)C4CC4)cc3)sc2cc1C. The lowest BCUT2D eigenvalue weighted by atomic mass is 9.98. The fourth-order valence-electron chi connectivity index (χ4n) is 4.17. The number of hydrogen-bond acceptors (Lipinski definition) is 7. The lowest BCUT2D eigenvalue weighted by Gasteiger charge is -2.10. The van der Waals surface area contributed by atoms with Crippen molar-refractivity contribution in [3.63, 3.8) is 0 Å². The quantitative estimate of drug-likeness (QED) is 0.305. The maximum absolute atomic E-state index is 12.6. The number of thiazole rings is 1. The zero-order valence-corrected chi connectivity index (χ0v) is 20.3. The number of carbonyl (C=O) groups is 1. The van der Waals surface area contributed by atoms with Gasteiger partial charge in [-0.1, -0.05) is 59.9 Å². The van der Waals surface area contributed by atoms with Gasteiger partial charge < -0.3 is 5.32 Å². The van der Waals surface area contributed by atoms with Crippen LogP contribution in [0.25, 0.3) is 32.7 Å². The summed E-state index contributed by atoms with van der Waals surface area (Å²) in [6.45, 7) is 4.94. The third kappa shape index (κ3) is 4.21. The number of hydrogen-bond donors (Lipinski definition) is 1. The predicted octanol–water partition coefficient (Wildman–Crippen LogP) is 5.90. The predicted molar refractivity (Wildman–Crippen MR) is 138 cm³/mol. The topological polar surface area (TPSA) is 85.6 Å². The van der Waals surface area contributed by atoms with Gasteiger partial charge in [-0.05, 0) is 77.1 Å². The number of nitrogens with zero attached hydrogens (tertiary/aromatic N) is 5. The number of aromatic nitrogens is 5. The van der Waals surface area contributed by atoms with Crippen LogP contribution in [0.3, 0.4) is 0 Å². The molecule has 0 spiro atoms. The molecule has 0 saturated heterocycles. The molecule has 0 bridgehead atoms. The summed E-state index contributed by atoms with van der Waals surface area (Å²) in [6, 6.07) is 20.7. The van der Waals surface area contributed by atoms with Crippen molar-refractivity contribution >= 4 is 32.6 Å². The molecule has 35 heavy (non-hydrogen) atoms. The van der Waals surface area contributed by atoms with Crippen molar-refractivity contribution in [1.82, 2.24) is 25.2 Å². The van der Waals surface area contributed by atoms with Crippen LogP contribution in [0.2, 0.25) is 0 Å². The molecule has 2 aromatic heterocycles. The van der Waals surface area contributed by atoms with Gasteiger partial charge in [0.05, 0.1) is 10.2 Å². The van der Waals surface area contributed by atoms with Crippen molar-refractivity contribution in [3.05, 3.63) is 77.4 Å². The molecule has 8 heteroatoms. The van der Waals surface area contributed by atoms with Gasteiger partial charge in [0.1, 0.15) is 0 Å². The molecule has 5 aromatic rings. The van der Waals surface area contributed by atoms with Gasteiger partial charge in [0.25, 0.3) is 5.91 Å². The van der Waals surface area contributed by atoms with Crippen molar-refractivity contribution in [2.45, 2.75) is 33.2 Å². The van der Waals surface area contributed by atoms with Crippen molar-refractivity contribution in [3.8, 4) is 22.5 Å². The Morgan fingerprint density at radius 2 is 1.77 bits per heavy atom. The Balaban J connectivity index is 1.22. The molecule has 7 nitrogen and oxygen atoms in total. The largest absolute Gasteiger partial charge is 0.357 e. The zero-order chi connectivity index (χ0) is 23.9. The number of fused-ring (bicyclic) bond motifs is 1. The van der Waals surface area contributed by atoms with E-state index in [1.165, 1.54) is 20.5 Å². The first-order valence-corrected chi connectivity index (χ1v) is 12.5. The van der Waals surface area contributed by atoms with E-state index in [-0.39, 0.29) is 11.8 Å². The van der Waals surface area contributed by atoms with Gasteiger partial charge in [0.15, 0.2) is 11.0 Å². The van der Waals surface area contributed by atoms with Gasteiger partial charge in [0.2, 0.25) is 0 Å². The minimum absolute atomic E-state index is 0.0265. The summed E-state index contributed by atoms with van der Waals surface area (Å²) in [5.74, 6) is 0.505. The Hall–Kier alpha value is -3.91. The summed E-state index contributed by atoms with van der Waals surface area (Å²) in [5.41, 5.74) is 7.62. The third-order valence-corrected chi connectivity index (χ3v) is 7.46. The second-order valence-corrected chi connectivity index (χ2v) is 10.1. The highest BCUT2D eigenvalue weighted by atomic mass is 32.1. The summed E-state index contributed by atoms with van der Waals surface area (Å²) < 4.78 is 2.56. The molecule has 2 heterocycles. The van der Waals surface area contributed by atoms with Gasteiger partial charge >= 0.3 is 0 Å². The average molecular weight is 481 g/mol. The molecule has 1 N–H and O–H groups in total. The Labute approximate surface area is 206 Å². The summed E-state index contributed by atoms with van der Waals surface area (Å²) in [5, 5.41) is 16.3. The standard InChI is InChI=1S/C27H24N6OS/c1-16-13-23-24(14-17(16)2)35-27(29-23)28-15-18-7-9-19(10-8-18)21-5-3-4-6-22(21)25-30-31-32-33(25)26(34)20-11-12-20/h3-10,13-14,20H,11-12,15H2,1-2H3,(H,28,29). The maximum atomic E-state index is 12.6. The van der Waals surface area contributed by atoms with E-state index in [1.807, 2.05) is 24.3 Å². The van der Waals surface area contributed by atoms with Crippen LogP contribution in [-0.2, 0) is 6.54 Å². The molecular weight excluding hydrogens is 456 g/mol. The molecular formula is C27H24N6OS. The average Bonchev–Trinajstić information content (AvgIpc) is 3.48. The van der Waals surface area contributed by atoms with Crippen LogP contribution in [-0.4, -0.2) is 31.1 Å². The molecule has 0 amide bonds. The number of anilines is 1. The van der Waals surface area contributed by atoms with E-state index in [1.54, 1.807) is 11.3 Å². The fraction of sp³-hybridized carbons (Fsp3) is 0.222. The van der Waals surface area contributed by atoms with Crippen molar-refractivity contribution < 1.29 is 4.79 Å². The first-order valence-electron chi connectivity index (χ1n) is 11.7. The van der Waals surface area contributed by atoms with Gasteiger partial charge in [-0.15, -0.1) is 5.10 Å². The van der Waals surface area contributed by atoms with Crippen LogP contribution in [0.5, 0.6) is 0 Å². The van der Waals surface area contributed by atoms with Gasteiger partial charge in [-0.2, -0.15) is 4.68 Å². The molecule has 6 rings (SSSR count). The van der Waals surface area contributed by atoms with E-state index in [2.05, 4.69) is 71.1 Å². The number of benzene rings is 3. The van der Waals surface area contributed by atoms with Crippen LogP contribution in [0.1, 0.15) is 34.3 Å². The highest BCUT2D eigenvalue weighted by Crippen LogP contribution is 2.34. The second-order valence-electron chi connectivity index (χ2n) is 9.05. The van der Waals surface area contributed by atoms with Gasteiger partial charge in [0, 0.05) is 18.0 Å². The molecule has 1 aliphatic carbocycles. The zero-order valence-electron chi connectivity index (χ0n) is 19.5. The van der Waals surface area contributed by atoms with E-state index in [0.29, 0.717) is 12.4 Å². The third-order valence-electron chi connectivity index (χ3n) is 6.49.